The molecule has 0 saturated heterocycles. The van der Waals surface area contributed by atoms with Gasteiger partial charge in [-0.3, -0.25) is 4.79 Å². The Morgan fingerprint density at radius 1 is 1.48 bits per heavy atom. The maximum Gasteiger partial charge on any atom is 0.270 e. The molecule has 2 aromatic rings. The van der Waals surface area contributed by atoms with Crippen LogP contribution in [0.25, 0.3) is 0 Å². The summed E-state index contributed by atoms with van der Waals surface area (Å²) in [6, 6.07) is 6.56. The van der Waals surface area contributed by atoms with E-state index in [2.05, 4.69) is 10.3 Å². The number of rotatable bonds is 4. The molecule has 21 heavy (non-hydrogen) atoms. The number of halogens is 1. The number of nitrogens with one attached hydrogen (secondary N) is 1. The van der Waals surface area contributed by atoms with Gasteiger partial charge in [-0.15, -0.1) is 0 Å². The zero-order valence-corrected chi connectivity index (χ0v) is 12.9. The molecule has 2 N–H and O–H groups in total. The van der Waals surface area contributed by atoms with Crippen molar-refractivity contribution in [2.24, 2.45) is 0 Å². The molecule has 0 aromatic carbocycles. The first kappa shape index (κ1) is 15.5. The van der Waals surface area contributed by atoms with E-state index in [4.69, 9.17) is 16.0 Å². The van der Waals surface area contributed by atoms with Gasteiger partial charge in [-0.05, 0) is 39.0 Å². The van der Waals surface area contributed by atoms with Gasteiger partial charge in [-0.2, -0.15) is 0 Å². The van der Waals surface area contributed by atoms with Crippen LogP contribution in [0.1, 0.15) is 34.5 Å². The molecule has 0 aliphatic heterocycles. The van der Waals surface area contributed by atoms with Crippen LogP contribution < -0.4 is 5.32 Å². The fraction of sp³-hybridized carbons (Fsp3) is 0.333. The number of carbonyl (C=O) groups is 1. The number of hydrogen-bond acceptors (Lipinski definition) is 4. The molecule has 0 spiro atoms. The summed E-state index contributed by atoms with van der Waals surface area (Å²) in [7, 11) is 0. The second kappa shape index (κ2) is 5.87. The molecule has 112 valence electrons. The van der Waals surface area contributed by atoms with Crippen molar-refractivity contribution >= 4 is 17.5 Å². The summed E-state index contributed by atoms with van der Waals surface area (Å²) in [5.41, 5.74) is -0.367. The third-order valence-electron chi connectivity index (χ3n) is 3.16. The Bertz CT molecular complexity index is 665. The Labute approximate surface area is 128 Å². The van der Waals surface area contributed by atoms with Crippen molar-refractivity contribution in [3.8, 4) is 0 Å². The maximum absolute atomic E-state index is 12.0. The van der Waals surface area contributed by atoms with E-state index >= 15 is 0 Å². The first-order valence-corrected chi connectivity index (χ1v) is 6.88. The maximum atomic E-state index is 12.0. The van der Waals surface area contributed by atoms with Crippen LogP contribution in [-0.4, -0.2) is 22.5 Å². The highest BCUT2D eigenvalue weighted by atomic mass is 35.5. The van der Waals surface area contributed by atoms with Gasteiger partial charge in [0.15, 0.2) is 0 Å². The van der Waals surface area contributed by atoms with Crippen molar-refractivity contribution in [2.75, 3.05) is 6.54 Å². The second-order valence-electron chi connectivity index (χ2n) is 5.13. The van der Waals surface area contributed by atoms with Crippen molar-refractivity contribution in [1.82, 2.24) is 10.3 Å². The van der Waals surface area contributed by atoms with Gasteiger partial charge in [-0.25, -0.2) is 4.98 Å². The highest BCUT2D eigenvalue weighted by Gasteiger charge is 2.28. The number of hydrogen-bond donors (Lipinski definition) is 2. The van der Waals surface area contributed by atoms with E-state index in [1.807, 2.05) is 0 Å². The van der Waals surface area contributed by atoms with Crippen LogP contribution in [0.5, 0.6) is 0 Å². The SMILES string of the molecule is Cc1cc(C(C)(O)CNC(=O)c2cccc(Cl)n2)c(C)o1. The van der Waals surface area contributed by atoms with Gasteiger partial charge in [0.05, 0.1) is 6.54 Å². The molecule has 0 aliphatic rings. The fourth-order valence-corrected chi connectivity index (χ4v) is 2.30. The zero-order valence-electron chi connectivity index (χ0n) is 12.1. The quantitative estimate of drug-likeness (QED) is 0.851. The zero-order chi connectivity index (χ0) is 15.6. The predicted molar refractivity (Wildman–Crippen MR) is 79.3 cm³/mol. The van der Waals surface area contributed by atoms with Gasteiger partial charge in [0.2, 0.25) is 0 Å². The van der Waals surface area contributed by atoms with E-state index in [0.717, 1.165) is 0 Å². The molecule has 6 heteroatoms. The van der Waals surface area contributed by atoms with E-state index in [9.17, 15) is 9.90 Å². The third-order valence-corrected chi connectivity index (χ3v) is 3.37. The Morgan fingerprint density at radius 3 is 2.76 bits per heavy atom. The molecule has 2 aromatic heterocycles. The molecule has 2 rings (SSSR count). The van der Waals surface area contributed by atoms with Crippen LogP contribution in [0.2, 0.25) is 5.15 Å². The standard InChI is InChI=1S/C15H17ClN2O3/c1-9-7-11(10(2)21-9)15(3,20)8-17-14(19)12-5-4-6-13(16)18-12/h4-7,20H,8H2,1-3H3,(H,17,19). The van der Waals surface area contributed by atoms with Gasteiger partial charge < -0.3 is 14.8 Å². The molecule has 0 bridgehead atoms. The number of aryl methyl sites for hydroxylation is 2. The molecule has 0 aliphatic carbocycles. The first-order valence-electron chi connectivity index (χ1n) is 6.50. The van der Waals surface area contributed by atoms with Crippen LogP contribution in [0.15, 0.2) is 28.7 Å². The topological polar surface area (TPSA) is 75.4 Å². The molecule has 0 saturated carbocycles. The lowest BCUT2D eigenvalue weighted by molar-refractivity contribution is 0.0512. The Hall–Kier alpha value is -1.85. The Balaban J connectivity index is 2.08. The van der Waals surface area contributed by atoms with Crippen LogP contribution in [-0.2, 0) is 5.60 Å². The number of carbonyl (C=O) groups excluding carboxylic acids is 1. The third kappa shape index (κ3) is 3.62. The molecular weight excluding hydrogens is 292 g/mol. The second-order valence-corrected chi connectivity index (χ2v) is 5.52. The lowest BCUT2D eigenvalue weighted by Crippen LogP contribution is -2.39. The van der Waals surface area contributed by atoms with E-state index < -0.39 is 11.5 Å². The highest BCUT2D eigenvalue weighted by molar-refractivity contribution is 6.29. The Morgan fingerprint density at radius 2 is 2.19 bits per heavy atom. The smallest absolute Gasteiger partial charge is 0.270 e. The van der Waals surface area contributed by atoms with Crippen LogP contribution in [0, 0.1) is 13.8 Å². The van der Waals surface area contributed by atoms with Crippen molar-refractivity contribution in [3.63, 3.8) is 0 Å². The molecule has 5 nitrogen and oxygen atoms in total. The molecular formula is C15H17ClN2O3. The molecule has 1 atom stereocenters. The summed E-state index contributed by atoms with van der Waals surface area (Å²) in [4.78, 5) is 15.9. The van der Waals surface area contributed by atoms with Gasteiger partial charge >= 0.3 is 0 Å². The average molecular weight is 309 g/mol. The molecule has 0 fully saturated rings. The summed E-state index contributed by atoms with van der Waals surface area (Å²) in [6.07, 6.45) is 0. The van der Waals surface area contributed by atoms with Crippen molar-refractivity contribution in [1.29, 1.82) is 0 Å². The molecule has 1 amide bonds. The molecule has 2 heterocycles. The molecule has 1 unspecified atom stereocenters. The minimum Gasteiger partial charge on any atom is -0.466 e. The predicted octanol–water partition coefficient (Wildman–Crippen LogP) is 2.58. The lowest BCUT2D eigenvalue weighted by atomic mass is 9.96. The molecule has 0 radical (unpaired) electrons. The minimum atomic E-state index is -1.23. The van der Waals surface area contributed by atoms with Gasteiger partial charge in [0.1, 0.15) is 28.0 Å². The number of nitrogens with zero attached hydrogens (tertiary/aromatic N) is 1. The highest BCUT2D eigenvalue weighted by Crippen LogP contribution is 2.26. The van der Waals surface area contributed by atoms with Crippen molar-refractivity contribution < 1.29 is 14.3 Å². The summed E-state index contributed by atoms with van der Waals surface area (Å²) in [6.45, 7) is 5.24. The monoisotopic (exact) mass is 308 g/mol. The van der Waals surface area contributed by atoms with Crippen LogP contribution in [0.4, 0.5) is 0 Å². The summed E-state index contributed by atoms with van der Waals surface area (Å²) >= 11 is 5.75. The van der Waals surface area contributed by atoms with Gasteiger partial charge in [-0.1, -0.05) is 17.7 Å². The summed E-state index contributed by atoms with van der Waals surface area (Å²) < 4.78 is 5.41. The largest absolute Gasteiger partial charge is 0.466 e. The fourth-order valence-electron chi connectivity index (χ4n) is 2.14. The lowest BCUT2D eigenvalue weighted by Gasteiger charge is -2.23. The summed E-state index contributed by atoms with van der Waals surface area (Å²) in [5, 5.41) is 13.4. The number of amides is 1. The number of aromatic nitrogens is 1. The first-order chi connectivity index (χ1) is 9.79. The summed E-state index contributed by atoms with van der Waals surface area (Å²) in [5.74, 6) is 0.953. The van der Waals surface area contributed by atoms with Crippen LogP contribution >= 0.6 is 11.6 Å². The van der Waals surface area contributed by atoms with E-state index in [1.165, 1.54) is 0 Å². The van der Waals surface area contributed by atoms with Crippen molar-refractivity contribution in [3.05, 3.63) is 52.2 Å². The van der Waals surface area contributed by atoms with E-state index in [-0.39, 0.29) is 17.4 Å². The Kier molecular flexibility index (Phi) is 4.34. The van der Waals surface area contributed by atoms with E-state index in [1.54, 1.807) is 45.0 Å². The minimum absolute atomic E-state index is 0.0415. The van der Waals surface area contributed by atoms with Crippen LogP contribution in [0.3, 0.4) is 0 Å². The van der Waals surface area contributed by atoms with Crippen molar-refractivity contribution in [2.45, 2.75) is 26.4 Å². The van der Waals surface area contributed by atoms with Gasteiger partial charge in [0.25, 0.3) is 5.91 Å². The number of aliphatic hydroxyl groups is 1. The van der Waals surface area contributed by atoms with Gasteiger partial charge in [0, 0.05) is 5.56 Å². The van der Waals surface area contributed by atoms with E-state index in [0.29, 0.717) is 17.1 Å². The normalized spacial score (nSPS) is 13.8. The number of pyridine rings is 1. The number of furan rings is 1. The average Bonchev–Trinajstić information content (AvgIpc) is 2.76.